The second-order valence-electron chi connectivity index (χ2n) is 4.56. The minimum atomic E-state index is 0.633. The third-order valence-electron chi connectivity index (χ3n) is 3.01. The molecular formula is C13H20N2. The fourth-order valence-corrected chi connectivity index (χ4v) is 2.17. The van der Waals surface area contributed by atoms with Crippen LogP contribution in [0, 0.1) is 5.92 Å². The van der Waals surface area contributed by atoms with Gasteiger partial charge in [-0.15, -0.1) is 0 Å². The molecule has 0 aromatic heterocycles. The van der Waals surface area contributed by atoms with Gasteiger partial charge in [-0.1, -0.05) is 37.3 Å². The summed E-state index contributed by atoms with van der Waals surface area (Å²) in [5.74, 6) is 0.798. The Labute approximate surface area is 92.1 Å². The third-order valence-corrected chi connectivity index (χ3v) is 3.01. The van der Waals surface area contributed by atoms with Crippen molar-refractivity contribution in [3.8, 4) is 0 Å². The van der Waals surface area contributed by atoms with E-state index in [0.29, 0.717) is 6.04 Å². The van der Waals surface area contributed by atoms with E-state index in [1.165, 1.54) is 18.5 Å². The van der Waals surface area contributed by atoms with E-state index in [1.807, 2.05) is 0 Å². The molecular weight excluding hydrogens is 184 g/mol. The molecule has 1 aliphatic heterocycles. The number of rotatable bonds is 3. The number of hydrogen-bond donors (Lipinski definition) is 2. The molecule has 1 heterocycles. The van der Waals surface area contributed by atoms with Gasteiger partial charge in [0.2, 0.25) is 0 Å². The van der Waals surface area contributed by atoms with Crippen molar-refractivity contribution in [1.82, 2.24) is 10.6 Å². The highest BCUT2D eigenvalue weighted by Crippen LogP contribution is 2.10. The molecule has 1 aromatic carbocycles. The summed E-state index contributed by atoms with van der Waals surface area (Å²) < 4.78 is 0. The van der Waals surface area contributed by atoms with Gasteiger partial charge in [-0.05, 0) is 24.4 Å². The number of benzene rings is 1. The number of hydrogen-bond acceptors (Lipinski definition) is 2. The lowest BCUT2D eigenvalue weighted by Crippen LogP contribution is -2.45. The van der Waals surface area contributed by atoms with Crippen molar-refractivity contribution in [2.24, 2.45) is 5.92 Å². The van der Waals surface area contributed by atoms with Gasteiger partial charge in [-0.3, -0.25) is 0 Å². The lowest BCUT2D eigenvalue weighted by atomic mass is 9.97. The van der Waals surface area contributed by atoms with Gasteiger partial charge in [0.05, 0.1) is 0 Å². The molecule has 1 aliphatic rings. The molecule has 2 rings (SSSR count). The van der Waals surface area contributed by atoms with Gasteiger partial charge in [0.15, 0.2) is 0 Å². The summed E-state index contributed by atoms with van der Waals surface area (Å²) >= 11 is 0. The Hall–Kier alpha value is -0.860. The zero-order chi connectivity index (χ0) is 10.5. The molecule has 2 atom stereocenters. The molecule has 0 amide bonds. The number of nitrogens with one attached hydrogen (secondary N) is 2. The lowest BCUT2D eigenvalue weighted by molar-refractivity contribution is 0.319. The highest BCUT2D eigenvalue weighted by molar-refractivity contribution is 5.14. The topological polar surface area (TPSA) is 24.1 Å². The Balaban J connectivity index is 1.78. The van der Waals surface area contributed by atoms with Crippen LogP contribution >= 0.6 is 0 Å². The standard InChI is InChI=1S/C13H20N2/c1-11-7-13(10-14-8-11)15-9-12-5-3-2-4-6-12/h2-6,11,13-15H,7-10H2,1H3/t11-,13-/m0/s1. The predicted octanol–water partition coefficient (Wildman–Crippen LogP) is 1.77. The molecule has 0 saturated carbocycles. The summed E-state index contributed by atoms with van der Waals surface area (Å²) in [4.78, 5) is 0. The Bertz CT molecular complexity index is 284. The summed E-state index contributed by atoms with van der Waals surface area (Å²) in [6.07, 6.45) is 1.29. The summed E-state index contributed by atoms with van der Waals surface area (Å²) in [7, 11) is 0. The first-order chi connectivity index (χ1) is 7.34. The van der Waals surface area contributed by atoms with E-state index in [1.54, 1.807) is 0 Å². The molecule has 0 radical (unpaired) electrons. The van der Waals surface area contributed by atoms with Crippen molar-refractivity contribution in [1.29, 1.82) is 0 Å². The van der Waals surface area contributed by atoms with Crippen molar-refractivity contribution in [3.05, 3.63) is 35.9 Å². The quantitative estimate of drug-likeness (QED) is 0.784. The van der Waals surface area contributed by atoms with Crippen LogP contribution in [0.2, 0.25) is 0 Å². The van der Waals surface area contributed by atoms with E-state index in [-0.39, 0.29) is 0 Å². The van der Waals surface area contributed by atoms with E-state index in [2.05, 4.69) is 47.9 Å². The highest BCUT2D eigenvalue weighted by Gasteiger charge is 2.17. The maximum Gasteiger partial charge on any atom is 0.0208 e. The highest BCUT2D eigenvalue weighted by atomic mass is 15.0. The van der Waals surface area contributed by atoms with Crippen molar-refractivity contribution in [2.45, 2.75) is 25.9 Å². The van der Waals surface area contributed by atoms with Crippen LogP contribution < -0.4 is 10.6 Å². The van der Waals surface area contributed by atoms with E-state index in [0.717, 1.165) is 19.0 Å². The second-order valence-corrected chi connectivity index (χ2v) is 4.56. The van der Waals surface area contributed by atoms with Gasteiger partial charge in [0, 0.05) is 19.1 Å². The lowest BCUT2D eigenvalue weighted by Gasteiger charge is -2.28. The van der Waals surface area contributed by atoms with Crippen LogP contribution in [0.1, 0.15) is 18.9 Å². The Kier molecular flexibility index (Phi) is 3.75. The first-order valence-corrected chi connectivity index (χ1v) is 5.82. The summed E-state index contributed by atoms with van der Waals surface area (Å²) in [6, 6.07) is 11.2. The van der Waals surface area contributed by atoms with Crippen LogP contribution in [0.3, 0.4) is 0 Å². The Morgan fingerprint density at radius 3 is 2.80 bits per heavy atom. The molecule has 0 spiro atoms. The maximum atomic E-state index is 3.61. The second kappa shape index (κ2) is 5.29. The van der Waals surface area contributed by atoms with Crippen LogP contribution in [0.5, 0.6) is 0 Å². The average Bonchev–Trinajstić information content (AvgIpc) is 2.28. The van der Waals surface area contributed by atoms with Crippen molar-refractivity contribution in [3.63, 3.8) is 0 Å². The minimum Gasteiger partial charge on any atom is -0.315 e. The van der Waals surface area contributed by atoms with E-state index in [4.69, 9.17) is 0 Å². The molecule has 82 valence electrons. The minimum absolute atomic E-state index is 0.633. The van der Waals surface area contributed by atoms with Crippen LogP contribution in [-0.4, -0.2) is 19.1 Å². The predicted molar refractivity (Wildman–Crippen MR) is 63.7 cm³/mol. The van der Waals surface area contributed by atoms with Gasteiger partial charge in [0.1, 0.15) is 0 Å². The van der Waals surface area contributed by atoms with Gasteiger partial charge in [-0.2, -0.15) is 0 Å². The first kappa shape index (κ1) is 10.7. The third kappa shape index (κ3) is 3.33. The Morgan fingerprint density at radius 2 is 2.07 bits per heavy atom. The van der Waals surface area contributed by atoms with Crippen LogP contribution in [0.4, 0.5) is 0 Å². The average molecular weight is 204 g/mol. The zero-order valence-corrected chi connectivity index (χ0v) is 9.37. The van der Waals surface area contributed by atoms with E-state index in [9.17, 15) is 0 Å². The maximum absolute atomic E-state index is 3.61. The van der Waals surface area contributed by atoms with Gasteiger partial charge >= 0.3 is 0 Å². The van der Waals surface area contributed by atoms with Gasteiger partial charge in [0.25, 0.3) is 0 Å². The van der Waals surface area contributed by atoms with Crippen LogP contribution in [0.25, 0.3) is 0 Å². The molecule has 2 N–H and O–H groups in total. The van der Waals surface area contributed by atoms with Crippen molar-refractivity contribution < 1.29 is 0 Å². The summed E-state index contributed by atoms with van der Waals surface area (Å²) in [6.45, 7) is 5.57. The van der Waals surface area contributed by atoms with Crippen LogP contribution in [0.15, 0.2) is 30.3 Å². The summed E-state index contributed by atoms with van der Waals surface area (Å²) in [5, 5.41) is 7.06. The largest absolute Gasteiger partial charge is 0.315 e. The van der Waals surface area contributed by atoms with Crippen molar-refractivity contribution >= 4 is 0 Å². The monoisotopic (exact) mass is 204 g/mol. The molecule has 1 saturated heterocycles. The fourth-order valence-electron chi connectivity index (χ4n) is 2.17. The molecule has 2 nitrogen and oxygen atoms in total. The first-order valence-electron chi connectivity index (χ1n) is 5.82. The number of piperidine rings is 1. The summed E-state index contributed by atoms with van der Waals surface area (Å²) in [5.41, 5.74) is 1.37. The molecule has 0 unspecified atom stereocenters. The molecule has 0 bridgehead atoms. The normalized spacial score (nSPS) is 26.5. The van der Waals surface area contributed by atoms with E-state index >= 15 is 0 Å². The molecule has 0 aliphatic carbocycles. The smallest absolute Gasteiger partial charge is 0.0208 e. The fraction of sp³-hybridized carbons (Fsp3) is 0.538. The molecule has 2 heteroatoms. The van der Waals surface area contributed by atoms with Gasteiger partial charge in [-0.25, -0.2) is 0 Å². The van der Waals surface area contributed by atoms with E-state index < -0.39 is 0 Å². The van der Waals surface area contributed by atoms with Crippen LogP contribution in [-0.2, 0) is 6.54 Å². The Morgan fingerprint density at radius 1 is 1.27 bits per heavy atom. The van der Waals surface area contributed by atoms with Crippen molar-refractivity contribution in [2.75, 3.05) is 13.1 Å². The SMILES string of the molecule is C[C@@H]1CNC[C@@H](NCc2ccccc2)C1. The molecule has 1 aromatic rings. The molecule has 1 fully saturated rings. The zero-order valence-electron chi connectivity index (χ0n) is 9.37. The molecule has 15 heavy (non-hydrogen) atoms. The van der Waals surface area contributed by atoms with Gasteiger partial charge < -0.3 is 10.6 Å².